The van der Waals surface area contributed by atoms with Crippen LogP contribution >= 0.6 is 0 Å². The van der Waals surface area contributed by atoms with E-state index in [2.05, 4.69) is 34.1 Å². The molecule has 0 atom stereocenters. The summed E-state index contributed by atoms with van der Waals surface area (Å²) in [5.41, 5.74) is 4.55. The number of hydrogen-bond donors (Lipinski definition) is 0. The van der Waals surface area contributed by atoms with E-state index in [1.807, 2.05) is 50.5 Å². The number of anilines is 1. The number of benzene rings is 2. The molecule has 22 heavy (non-hydrogen) atoms. The lowest BCUT2D eigenvalue weighted by Gasteiger charge is -2.11. The number of nitrogens with zero attached hydrogens (tertiary/aromatic N) is 3. The zero-order chi connectivity index (χ0) is 15.5. The minimum absolute atomic E-state index is 0.633. The summed E-state index contributed by atoms with van der Waals surface area (Å²) in [5.74, 6) is 1.27. The average Bonchev–Trinajstić information content (AvgIpc) is 2.98. The summed E-state index contributed by atoms with van der Waals surface area (Å²) < 4.78 is 5.38. The molecule has 3 rings (SSSR count). The van der Waals surface area contributed by atoms with Gasteiger partial charge in [0.05, 0.1) is 6.42 Å². The van der Waals surface area contributed by atoms with Crippen molar-refractivity contribution in [2.45, 2.75) is 13.3 Å². The van der Waals surface area contributed by atoms with E-state index in [-0.39, 0.29) is 0 Å². The smallest absolute Gasteiger partial charge is 0.231 e. The summed E-state index contributed by atoms with van der Waals surface area (Å²) in [6.07, 6.45) is 0.662. The van der Waals surface area contributed by atoms with Gasteiger partial charge in [-0.2, -0.15) is 4.98 Å². The molecule has 112 valence electrons. The molecule has 3 aromatic rings. The number of rotatable bonds is 4. The highest BCUT2D eigenvalue weighted by Crippen LogP contribution is 2.21. The first-order valence-electron chi connectivity index (χ1n) is 7.28. The fraction of sp³-hybridized carbons (Fsp3) is 0.222. The molecule has 2 aromatic carbocycles. The van der Waals surface area contributed by atoms with Crippen LogP contribution in [-0.2, 0) is 6.42 Å². The van der Waals surface area contributed by atoms with Crippen LogP contribution in [0.4, 0.5) is 5.69 Å². The van der Waals surface area contributed by atoms with Gasteiger partial charge in [0, 0.05) is 25.3 Å². The molecule has 4 nitrogen and oxygen atoms in total. The van der Waals surface area contributed by atoms with Gasteiger partial charge in [-0.15, -0.1) is 0 Å². The highest BCUT2D eigenvalue weighted by Gasteiger charge is 2.10. The Balaban J connectivity index is 1.80. The summed E-state index contributed by atoms with van der Waals surface area (Å²) in [6, 6.07) is 16.4. The Hall–Kier alpha value is -2.62. The molecule has 1 aromatic heterocycles. The molecule has 0 unspecified atom stereocenters. The lowest BCUT2D eigenvalue weighted by molar-refractivity contribution is 0.385. The van der Waals surface area contributed by atoms with Gasteiger partial charge in [-0.1, -0.05) is 29.4 Å². The number of aromatic nitrogens is 2. The van der Waals surface area contributed by atoms with Crippen molar-refractivity contribution in [2.75, 3.05) is 19.0 Å². The van der Waals surface area contributed by atoms with E-state index in [4.69, 9.17) is 4.52 Å². The Morgan fingerprint density at radius 3 is 2.41 bits per heavy atom. The molecule has 4 heteroatoms. The van der Waals surface area contributed by atoms with E-state index in [1.165, 1.54) is 11.1 Å². The Labute approximate surface area is 130 Å². The molecule has 0 N–H and O–H groups in total. The molecule has 0 saturated carbocycles. The van der Waals surface area contributed by atoms with Crippen molar-refractivity contribution in [3.05, 3.63) is 65.5 Å². The van der Waals surface area contributed by atoms with Gasteiger partial charge >= 0.3 is 0 Å². The van der Waals surface area contributed by atoms with Crippen LogP contribution in [0, 0.1) is 6.92 Å². The fourth-order valence-corrected chi connectivity index (χ4v) is 2.32. The maximum absolute atomic E-state index is 5.38. The number of hydrogen-bond acceptors (Lipinski definition) is 4. The average molecular weight is 293 g/mol. The summed E-state index contributed by atoms with van der Waals surface area (Å²) in [6.45, 7) is 2.09. The molecule has 0 aliphatic heterocycles. The lowest BCUT2D eigenvalue weighted by Crippen LogP contribution is -2.07. The molecule has 0 aliphatic rings. The monoisotopic (exact) mass is 293 g/mol. The minimum atomic E-state index is 0.633. The molecule has 0 spiro atoms. The maximum atomic E-state index is 5.38. The molecule has 0 bridgehead atoms. The van der Waals surface area contributed by atoms with Crippen LogP contribution in [0.2, 0.25) is 0 Å². The first-order valence-corrected chi connectivity index (χ1v) is 7.28. The predicted octanol–water partition coefficient (Wildman–Crippen LogP) is 3.70. The molecular weight excluding hydrogens is 274 g/mol. The van der Waals surface area contributed by atoms with Crippen molar-refractivity contribution in [1.82, 2.24) is 10.1 Å². The highest BCUT2D eigenvalue weighted by molar-refractivity contribution is 5.59. The molecule has 1 heterocycles. The Bertz CT molecular complexity index is 760. The second kappa shape index (κ2) is 6.02. The third-order valence-electron chi connectivity index (χ3n) is 3.71. The second-order valence-corrected chi connectivity index (χ2v) is 5.56. The lowest BCUT2D eigenvalue weighted by atomic mass is 10.1. The van der Waals surface area contributed by atoms with E-state index >= 15 is 0 Å². The maximum Gasteiger partial charge on any atom is 0.231 e. The fourth-order valence-electron chi connectivity index (χ4n) is 2.32. The van der Waals surface area contributed by atoms with E-state index < -0.39 is 0 Å². The zero-order valence-electron chi connectivity index (χ0n) is 13.1. The van der Waals surface area contributed by atoms with Crippen molar-refractivity contribution < 1.29 is 4.52 Å². The van der Waals surface area contributed by atoms with Crippen LogP contribution in [0.5, 0.6) is 0 Å². The first kappa shape index (κ1) is 14.3. The standard InChI is InChI=1S/C18H19N3O/c1-13-6-4-5-7-15(13)12-17-19-18(20-22-17)14-8-10-16(11-9-14)21(2)3/h4-11H,12H2,1-3H3. The van der Waals surface area contributed by atoms with Crippen LogP contribution in [0.15, 0.2) is 53.1 Å². The van der Waals surface area contributed by atoms with Crippen molar-refractivity contribution in [3.63, 3.8) is 0 Å². The van der Waals surface area contributed by atoms with Crippen LogP contribution in [-0.4, -0.2) is 24.2 Å². The molecule has 0 amide bonds. The normalized spacial score (nSPS) is 10.7. The zero-order valence-corrected chi connectivity index (χ0v) is 13.1. The second-order valence-electron chi connectivity index (χ2n) is 5.56. The summed E-state index contributed by atoms with van der Waals surface area (Å²) >= 11 is 0. The van der Waals surface area contributed by atoms with E-state index in [0.29, 0.717) is 18.1 Å². The Kier molecular flexibility index (Phi) is 3.92. The molecule has 0 fully saturated rings. The van der Waals surface area contributed by atoms with Gasteiger partial charge < -0.3 is 9.42 Å². The Morgan fingerprint density at radius 2 is 1.73 bits per heavy atom. The van der Waals surface area contributed by atoms with E-state index in [1.54, 1.807) is 0 Å². The van der Waals surface area contributed by atoms with Crippen LogP contribution in [0.1, 0.15) is 17.0 Å². The molecule has 0 saturated heterocycles. The summed E-state index contributed by atoms with van der Waals surface area (Å²) in [4.78, 5) is 6.56. The SMILES string of the molecule is Cc1ccccc1Cc1nc(-c2ccc(N(C)C)cc2)no1. The third-order valence-corrected chi connectivity index (χ3v) is 3.71. The quantitative estimate of drug-likeness (QED) is 0.735. The Morgan fingerprint density at radius 1 is 1.00 bits per heavy atom. The molecule has 0 radical (unpaired) electrons. The van der Waals surface area contributed by atoms with Gasteiger partial charge in [-0.3, -0.25) is 0 Å². The van der Waals surface area contributed by atoms with Crippen molar-refractivity contribution in [2.24, 2.45) is 0 Å². The number of aryl methyl sites for hydroxylation is 1. The van der Waals surface area contributed by atoms with Gasteiger partial charge in [0.1, 0.15) is 0 Å². The van der Waals surface area contributed by atoms with Crippen LogP contribution in [0.25, 0.3) is 11.4 Å². The van der Waals surface area contributed by atoms with Gasteiger partial charge in [-0.05, 0) is 42.3 Å². The third kappa shape index (κ3) is 3.01. The van der Waals surface area contributed by atoms with Crippen molar-refractivity contribution >= 4 is 5.69 Å². The summed E-state index contributed by atoms with van der Waals surface area (Å²) in [7, 11) is 4.04. The van der Waals surface area contributed by atoms with Crippen LogP contribution in [0.3, 0.4) is 0 Å². The van der Waals surface area contributed by atoms with Gasteiger partial charge in [-0.25, -0.2) is 0 Å². The minimum Gasteiger partial charge on any atom is -0.378 e. The van der Waals surface area contributed by atoms with Gasteiger partial charge in [0.25, 0.3) is 0 Å². The first-order chi connectivity index (χ1) is 10.6. The molecular formula is C18H19N3O. The molecule has 0 aliphatic carbocycles. The van der Waals surface area contributed by atoms with Gasteiger partial charge in [0.2, 0.25) is 11.7 Å². The predicted molar refractivity (Wildman–Crippen MR) is 88.0 cm³/mol. The largest absolute Gasteiger partial charge is 0.378 e. The highest BCUT2D eigenvalue weighted by atomic mass is 16.5. The van der Waals surface area contributed by atoms with E-state index in [9.17, 15) is 0 Å². The van der Waals surface area contributed by atoms with Crippen LogP contribution < -0.4 is 4.90 Å². The van der Waals surface area contributed by atoms with E-state index in [0.717, 1.165) is 11.3 Å². The van der Waals surface area contributed by atoms with Crippen molar-refractivity contribution in [1.29, 1.82) is 0 Å². The van der Waals surface area contributed by atoms with Crippen molar-refractivity contribution in [3.8, 4) is 11.4 Å². The van der Waals surface area contributed by atoms with Gasteiger partial charge in [0.15, 0.2) is 0 Å². The topological polar surface area (TPSA) is 42.2 Å². The summed E-state index contributed by atoms with van der Waals surface area (Å²) in [5, 5.41) is 4.09.